The van der Waals surface area contributed by atoms with Gasteiger partial charge in [-0.2, -0.15) is 11.8 Å². The quantitative estimate of drug-likeness (QED) is 0.696. The summed E-state index contributed by atoms with van der Waals surface area (Å²) in [6.45, 7) is 4.04. The standard InChI is InChI=1S/C9H20N2S/c1-8(6-10)11-7-9-4-2-3-5-12-9/h8-9,11H,2-7,10H2,1H3/t8-,9?/m1/s1. The van der Waals surface area contributed by atoms with E-state index in [2.05, 4.69) is 24.0 Å². The van der Waals surface area contributed by atoms with Gasteiger partial charge in [-0.05, 0) is 25.5 Å². The first-order valence-electron chi connectivity index (χ1n) is 4.88. The maximum Gasteiger partial charge on any atom is 0.0172 e. The molecule has 1 fully saturated rings. The van der Waals surface area contributed by atoms with E-state index in [0.717, 1.165) is 18.3 Å². The molecule has 0 amide bonds. The van der Waals surface area contributed by atoms with Crippen LogP contribution in [0.5, 0.6) is 0 Å². The average Bonchev–Trinajstić information content (AvgIpc) is 2.16. The van der Waals surface area contributed by atoms with Crippen LogP contribution in [0.2, 0.25) is 0 Å². The van der Waals surface area contributed by atoms with Crippen molar-refractivity contribution in [2.75, 3.05) is 18.8 Å². The summed E-state index contributed by atoms with van der Waals surface area (Å²) in [5, 5.41) is 4.30. The Hall–Kier alpha value is 0.270. The Labute approximate surface area is 79.7 Å². The highest BCUT2D eigenvalue weighted by Gasteiger charge is 2.13. The van der Waals surface area contributed by atoms with Gasteiger partial charge in [0.2, 0.25) is 0 Å². The Bertz CT molecular complexity index is 113. The fourth-order valence-corrected chi connectivity index (χ4v) is 2.64. The molecule has 1 aliphatic rings. The summed E-state index contributed by atoms with van der Waals surface area (Å²) in [4.78, 5) is 0. The highest BCUT2D eigenvalue weighted by Crippen LogP contribution is 2.24. The van der Waals surface area contributed by atoms with Gasteiger partial charge in [0.1, 0.15) is 0 Å². The maximum absolute atomic E-state index is 5.52. The summed E-state index contributed by atoms with van der Waals surface area (Å²) < 4.78 is 0. The first-order valence-corrected chi connectivity index (χ1v) is 5.93. The molecular formula is C9H20N2S. The molecule has 0 aromatic carbocycles. The molecule has 1 aliphatic heterocycles. The van der Waals surface area contributed by atoms with Gasteiger partial charge in [-0.25, -0.2) is 0 Å². The molecule has 0 saturated carbocycles. The third kappa shape index (κ3) is 3.78. The van der Waals surface area contributed by atoms with Crippen molar-refractivity contribution in [2.24, 2.45) is 5.73 Å². The fourth-order valence-electron chi connectivity index (χ4n) is 1.38. The van der Waals surface area contributed by atoms with Crippen molar-refractivity contribution in [3.63, 3.8) is 0 Å². The van der Waals surface area contributed by atoms with Crippen molar-refractivity contribution in [3.8, 4) is 0 Å². The van der Waals surface area contributed by atoms with Crippen molar-refractivity contribution < 1.29 is 0 Å². The molecule has 0 spiro atoms. The molecule has 72 valence electrons. The topological polar surface area (TPSA) is 38.0 Å². The van der Waals surface area contributed by atoms with Gasteiger partial charge in [-0.1, -0.05) is 6.42 Å². The van der Waals surface area contributed by atoms with Crippen molar-refractivity contribution >= 4 is 11.8 Å². The number of hydrogen-bond acceptors (Lipinski definition) is 3. The van der Waals surface area contributed by atoms with E-state index in [-0.39, 0.29) is 0 Å². The smallest absolute Gasteiger partial charge is 0.0172 e. The summed E-state index contributed by atoms with van der Waals surface area (Å²) in [6.07, 6.45) is 4.21. The van der Waals surface area contributed by atoms with Crippen LogP contribution in [0.4, 0.5) is 0 Å². The largest absolute Gasteiger partial charge is 0.329 e. The van der Waals surface area contributed by atoms with Gasteiger partial charge in [-0.15, -0.1) is 0 Å². The maximum atomic E-state index is 5.52. The number of nitrogens with one attached hydrogen (secondary N) is 1. The number of thioether (sulfide) groups is 1. The van der Waals surface area contributed by atoms with E-state index in [9.17, 15) is 0 Å². The van der Waals surface area contributed by atoms with Crippen LogP contribution >= 0.6 is 11.8 Å². The van der Waals surface area contributed by atoms with E-state index in [1.165, 1.54) is 25.0 Å². The summed E-state index contributed by atoms with van der Waals surface area (Å²) in [5.41, 5.74) is 5.52. The molecule has 0 bridgehead atoms. The van der Waals surface area contributed by atoms with Crippen LogP contribution in [0.25, 0.3) is 0 Å². The number of nitrogens with two attached hydrogens (primary N) is 1. The minimum absolute atomic E-state index is 0.479. The van der Waals surface area contributed by atoms with Crippen molar-refractivity contribution in [2.45, 2.75) is 37.5 Å². The second kappa shape index (κ2) is 5.84. The molecule has 1 unspecified atom stereocenters. The first-order chi connectivity index (χ1) is 5.83. The Kier molecular flexibility index (Phi) is 5.04. The van der Waals surface area contributed by atoms with Crippen LogP contribution in [0, 0.1) is 0 Å². The highest BCUT2D eigenvalue weighted by molar-refractivity contribution is 7.99. The minimum atomic E-state index is 0.479. The molecule has 2 nitrogen and oxygen atoms in total. The molecular weight excluding hydrogens is 168 g/mol. The third-order valence-corrected chi connectivity index (χ3v) is 3.72. The molecule has 0 aliphatic carbocycles. The predicted octanol–water partition coefficient (Wildman–Crippen LogP) is 1.21. The van der Waals surface area contributed by atoms with Crippen molar-refractivity contribution in [1.29, 1.82) is 0 Å². The van der Waals surface area contributed by atoms with E-state index in [1.807, 2.05) is 0 Å². The van der Waals surface area contributed by atoms with Gasteiger partial charge in [0, 0.05) is 24.4 Å². The van der Waals surface area contributed by atoms with Crippen LogP contribution in [-0.2, 0) is 0 Å². The highest BCUT2D eigenvalue weighted by atomic mass is 32.2. The third-order valence-electron chi connectivity index (χ3n) is 2.32. The van der Waals surface area contributed by atoms with Crippen molar-refractivity contribution in [3.05, 3.63) is 0 Å². The molecule has 3 heteroatoms. The molecule has 0 aromatic heterocycles. The molecule has 1 rings (SSSR count). The lowest BCUT2D eigenvalue weighted by Crippen LogP contribution is -2.38. The average molecular weight is 188 g/mol. The Morgan fingerprint density at radius 1 is 1.58 bits per heavy atom. The summed E-state index contributed by atoms with van der Waals surface area (Å²) in [7, 11) is 0. The van der Waals surface area contributed by atoms with Gasteiger partial charge >= 0.3 is 0 Å². The number of rotatable bonds is 4. The van der Waals surface area contributed by atoms with E-state index in [1.54, 1.807) is 0 Å². The van der Waals surface area contributed by atoms with Crippen LogP contribution in [0.1, 0.15) is 26.2 Å². The van der Waals surface area contributed by atoms with Crippen LogP contribution in [-0.4, -0.2) is 30.1 Å². The Morgan fingerprint density at radius 2 is 2.42 bits per heavy atom. The van der Waals surface area contributed by atoms with Gasteiger partial charge in [0.15, 0.2) is 0 Å². The first kappa shape index (κ1) is 10.4. The zero-order valence-electron chi connectivity index (χ0n) is 7.88. The van der Waals surface area contributed by atoms with E-state index < -0.39 is 0 Å². The molecule has 2 atom stereocenters. The van der Waals surface area contributed by atoms with E-state index in [0.29, 0.717) is 6.04 Å². The van der Waals surface area contributed by atoms with Gasteiger partial charge in [0.05, 0.1) is 0 Å². The van der Waals surface area contributed by atoms with Gasteiger partial charge < -0.3 is 11.1 Å². The minimum Gasteiger partial charge on any atom is -0.329 e. The second-order valence-corrected chi connectivity index (χ2v) is 4.94. The summed E-state index contributed by atoms with van der Waals surface area (Å²) in [5.74, 6) is 1.35. The summed E-state index contributed by atoms with van der Waals surface area (Å²) in [6, 6.07) is 0.479. The summed E-state index contributed by atoms with van der Waals surface area (Å²) >= 11 is 2.11. The zero-order valence-corrected chi connectivity index (χ0v) is 8.70. The number of hydrogen-bond donors (Lipinski definition) is 2. The van der Waals surface area contributed by atoms with E-state index in [4.69, 9.17) is 5.73 Å². The second-order valence-electron chi connectivity index (χ2n) is 3.53. The monoisotopic (exact) mass is 188 g/mol. The van der Waals surface area contributed by atoms with Crippen LogP contribution in [0.15, 0.2) is 0 Å². The SMILES string of the molecule is C[C@H](CN)NCC1CCCCS1. The molecule has 12 heavy (non-hydrogen) atoms. The predicted molar refractivity (Wildman–Crippen MR) is 56.6 cm³/mol. The molecule has 1 heterocycles. The zero-order chi connectivity index (χ0) is 8.81. The lowest BCUT2D eigenvalue weighted by molar-refractivity contribution is 0.528. The molecule has 1 saturated heterocycles. The lowest BCUT2D eigenvalue weighted by atomic mass is 10.2. The normalized spacial score (nSPS) is 27.0. The van der Waals surface area contributed by atoms with Crippen LogP contribution < -0.4 is 11.1 Å². The Balaban J connectivity index is 2.05. The van der Waals surface area contributed by atoms with Gasteiger partial charge in [0.25, 0.3) is 0 Å². The van der Waals surface area contributed by atoms with Gasteiger partial charge in [-0.3, -0.25) is 0 Å². The Morgan fingerprint density at radius 3 is 3.00 bits per heavy atom. The van der Waals surface area contributed by atoms with E-state index >= 15 is 0 Å². The molecule has 3 N–H and O–H groups in total. The molecule has 0 radical (unpaired) electrons. The fraction of sp³-hybridized carbons (Fsp3) is 1.00. The van der Waals surface area contributed by atoms with Crippen LogP contribution in [0.3, 0.4) is 0 Å². The lowest BCUT2D eigenvalue weighted by Gasteiger charge is -2.23. The van der Waals surface area contributed by atoms with Crippen molar-refractivity contribution in [1.82, 2.24) is 5.32 Å². The molecule has 0 aromatic rings.